The highest BCUT2D eigenvalue weighted by atomic mass is 16.5. The fourth-order valence-corrected chi connectivity index (χ4v) is 2.91. The van der Waals surface area contributed by atoms with E-state index in [0.29, 0.717) is 24.6 Å². The van der Waals surface area contributed by atoms with Crippen molar-refractivity contribution in [1.82, 2.24) is 20.4 Å². The summed E-state index contributed by atoms with van der Waals surface area (Å²) in [7, 11) is 3.12. The summed E-state index contributed by atoms with van der Waals surface area (Å²) in [6.07, 6.45) is 3.74. The van der Waals surface area contributed by atoms with Gasteiger partial charge in [0.2, 0.25) is 0 Å². The molecule has 2 N–H and O–H groups in total. The number of hydrogen-bond acceptors (Lipinski definition) is 4. The number of methoxy groups -OCH3 is 1. The van der Waals surface area contributed by atoms with Crippen molar-refractivity contribution in [3.05, 3.63) is 89.2 Å². The Kier molecular flexibility index (Phi) is 7.00. The van der Waals surface area contributed by atoms with Crippen molar-refractivity contribution < 1.29 is 9.53 Å². The van der Waals surface area contributed by atoms with Crippen LogP contribution in [0.5, 0.6) is 0 Å². The number of ether oxygens (including phenoxy) is 1. The van der Waals surface area contributed by atoms with Gasteiger partial charge in [-0.2, -0.15) is 5.10 Å². The zero-order valence-electron chi connectivity index (χ0n) is 16.6. The molecule has 0 aliphatic rings. The van der Waals surface area contributed by atoms with E-state index < -0.39 is 0 Å². The van der Waals surface area contributed by atoms with Gasteiger partial charge in [0.25, 0.3) is 0 Å². The summed E-state index contributed by atoms with van der Waals surface area (Å²) in [5, 5.41) is 10.9. The standard InChI is InChI=1S/C22H25N5O2/c1-23-22(24-14-17-8-10-18(11-9-17)21(28)29-2)25-15-19-6-3-4-7-20(19)16-27-13-5-12-26-27/h3-13H,14-16H2,1-2H3,(H2,23,24,25). The first-order chi connectivity index (χ1) is 14.2. The monoisotopic (exact) mass is 391 g/mol. The molecule has 0 radical (unpaired) electrons. The molecule has 0 fully saturated rings. The number of rotatable bonds is 7. The van der Waals surface area contributed by atoms with Crippen molar-refractivity contribution in [3.8, 4) is 0 Å². The van der Waals surface area contributed by atoms with E-state index in [1.54, 1.807) is 25.4 Å². The quantitative estimate of drug-likeness (QED) is 0.368. The van der Waals surface area contributed by atoms with Crippen LogP contribution in [0.2, 0.25) is 0 Å². The van der Waals surface area contributed by atoms with Crippen LogP contribution in [0.3, 0.4) is 0 Å². The van der Waals surface area contributed by atoms with E-state index in [1.165, 1.54) is 18.2 Å². The molecule has 1 heterocycles. The van der Waals surface area contributed by atoms with Crippen molar-refractivity contribution in [2.24, 2.45) is 4.99 Å². The van der Waals surface area contributed by atoms with Gasteiger partial charge in [-0.15, -0.1) is 0 Å². The maximum absolute atomic E-state index is 11.5. The highest BCUT2D eigenvalue weighted by Gasteiger charge is 2.06. The zero-order chi connectivity index (χ0) is 20.5. The van der Waals surface area contributed by atoms with Crippen LogP contribution in [0, 0.1) is 0 Å². The van der Waals surface area contributed by atoms with Crippen LogP contribution in [0.15, 0.2) is 72.0 Å². The molecule has 0 bridgehead atoms. The molecule has 7 nitrogen and oxygen atoms in total. The van der Waals surface area contributed by atoms with E-state index in [-0.39, 0.29) is 5.97 Å². The van der Waals surface area contributed by atoms with Crippen LogP contribution in [0.25, 0.3) is 0 Å². The summed E-state index contributed by atoms with van der Waals surface area (Å²) >= 11 is 0. The van der Waals surface area contributed by atoms with Crippen molar-refractivity contribution in [2.75, 3.05) is 14.2 Å². The summed E-state index contributed by atoms with van der Waals surface area (Å²) in [5.41, 5.74) is 3.97. The molecule has 0 saturated heterocycles. The smallest absolute Gasteiger partial charge is 0.337 e. The second kappa shape index (κ2) is 10.1. The molecule has 0 atom stereocenters. The Morgan fingerprint density at radius 1 is 1.03 bits per heavy atom. The Morgan fingerprint density at radius 2 is 1.76 bits per heavy atom. The molecule has 0 amide bonds. The number of benzene rings is 2. The number of esters is 1. The summed E-state index contributed by atoms with van der Waals surface area (Å²) in [4.78, 5) is 15.8. The van der Waals surface area contributed by atoms with E-state index in [9.17, 15) is 4.79 Å². The highest BCUT2D eigenvalue weighted by molar-refractivity contribution is 5.89. The predicted octanol–water partition coefficient (Wildman–Crippen LogP) is 2.58. The molecule has 0 saturated carbocycles. The van der Waals surface area contributed by atoms with Gasteiger partial charge in [-0.3, -0.25) is 9.67 Å². The van der Waals surface area contributed by atoms with Crippen molar-refractivity contribution in [2.45, 2.75) is 19.6 Å². The van der Waals surface area contributed by atoms with Crippen molar-refractivity contribution in [3.63, 3.8) is 0 Å². The molecular formula is C22H25N5O2. The first-order valence-electron chi connectivity index (χ1n) is 9.35. The normalized spacial score (nSPS) is 11.2. The number of hydrogen-bond donors (Lipinski definition) is 2. The van der Waals surface area contributed by atoms with Gasteiger partial charge < -0.3 is 15.4 Å². The van der Waals surface area contributed by atoms with Crippen LogP contribution in [-0.2, 0) is 24.4 Å². The Labute approximate surface area is 170 Å². The minimum Gasteiger partial charge on any atom is -0.465 e. The van der Waals surface area contributed by atoms with E-state index in [2.05, 4.69) is 32.9 Å². The van der Waals surface area contributed by atoms with Gasteiger partial charge in [-0.05, 0) is 34.9 Å². The SMILES string of the molecule is CN=C(NCc1ccc(C(=O)OC)cc1)NCc1ccccc1Cn1cccn1. The average Bonchev–Trinajstić information content (AvgIpc) is 3.28. The Hall–Kier alpha value is -3.61. The second-order valence-electron chi connectivity index (χ2n) is 6.44. The van der Waals surface area contributed by atoms with Crippen molar-refractivity contribution >= 4 is 11.9 Å². The third-order valence-electron chi connectivity index (χ3n) is 4.51. The average molecular weight is 391 g/mol. The lowest BCUT2D eigenvalue weighted by Crippen LogP contribution is -2.36. The Balaban J connectivity index is 1.55. The molecule has 150 valence electrons. The minimum absolute atomic E-state index is 0.337. The summed E-state index contributed by atoms with van der Waals surface area (Å²) in [6, 6.07) is 17.5. The van der Waals surface area contributed by atoms with Gasteiger partial charge in [0.05, 0.1) is 19.2 Å². The van der Waals surface area contributed by atoms with Gasteiger partial charge in [0.1, 0.15) is 0 Å². The third-order valence-corrected chi connectivity index (χ3v) is 4.51. The summed E-state index contributed by atoms with van der Waals surface area (Å²) in [5.74, 6) is 0.367. The lowest BCUT2D eigenvalue weighted by atomic mass is 10.1. The lowest BCUT2D eigenvalue weighted by molar-refractivity contribution is 0.0600. The first-order valence-corrected chi connectivity index (χ1v) is 9.35. The molecule has 29 heavy (non-hydrogen) atoms. The number of carbonyl (C=O) groups is 1. The third kappa shape index (κ3) is 5.68. The molecule has 0 aliphatic carbocycles. The van der Waals surface area contributed by atoms with Gasteiger partial charge in [-0.25, -0.2) is 4.79 Å². The Bertz CT molecular complexity index is 950. The molecule has 2 aromatic carbocycles. The molecule has 3 aromatic rings. The van der Waals surface area contributed by atoms with Gasteiger partial charge in [0.15, 0.2) is 5.96 Å². The maximum Gasteiger partial charge on any atom is 0.337 e. The molecule has 0 spiro atoms. The maximum atomic E-state index is 11.5. The highest BCUT2D eigenvalue weighted by Crippen LogP contribution is 2.10. The zero-order valence-corrected chi connectivity index (χ0v) is 16.6. The molecule has 0 aliphatic heterocycles. The number of aliphatic imine (C=N–C) groups is 1. The van der Waals surface area contributed by atoms with E-state index in [1.807, 2.05) is 41.2 Å². The molecule has 1 aromatic heterocycles. The van der Waals surface area contributed by atoms with Crippen LogP contribution >= 0.6 is 0 Å². The summed E-state index contributed by atoms with van der Waals surface area (Å²) < 4.78 is 6.63. The molecular weight excluding hydrogens is 366 g/mol. The van der Waals surface area contributed by atoms with E-state index >= 15 is 0 Å². The van der Waals surface area contributed by atoms with Crippen LogP contribution in [-0.4, -0.2) is 35.9 Å². The molecule has 0 unspecified atom stereocenters. The number of aromatic nitrogens is 2. The van der Waals surface area contributed by atoms with E-state index in [0.717, 1.165) is 12.1 Å². The number of nitrogens with zero attached hydrogens (tertiary/aromatic N) is 3. The fraction of sp³-hybridized carbons (Fsp3) is 0.227. The van der Waals surface area contributed by atoms with Crippen LogP contribution < -0.4 is 10.6 Å². The largest absolute Gasteiger partial charge is 0.465 e. The number of nitrogens with one attached hydrogen (secondary N) is 2. The van der Waals surface area contributed by atoms with Gasteiger partial charge in [0, 0.05) is 32.5 Å². The number of carbonyl (C=O) groups excluding carboxylic acids is 1. The first kappa shape index (κ1) is 20.1. The topological polar surface area (TPSA) is 80.5 Å². The molecule has 7 heteroatoms. The summed E-state index contributed by atoms with van der Waals surface area (Å²) in [6.45, 7) is 1.97. The van der Waals surface area contributed by atoms with Gasteiger partial charge in [-0.1, -0.05) is 36.4 Å². The van der Waals surface area contributed by atoms with E-state index in [4.69, 9.17) is 4.74 Å². The van der Waals surface area contributed by atoms with Crippen LogP contribution in [0.1, 0.15) is 27.0 Å². The van der Waals surface area contributed by atoms with Gasteiger partial charge >= 0.3 is 5.97 Å². The minimum atomic E-state index is -0.337. The fourth-order valence-electron chi connectivity index (χ4n) is 2.91. The number of guanidine groups is 1. The predicted molar refractivity (Wildman–Crippen MR) is 113 cm³/mol. The Morgan fingerprint density at radius 3 is 2.41 bits per heavy atom. The second-order valence-corrected chi connectivity index (χ2v) is 6.44. The molecule has 3 rings (SSSR count). The van der Waals surface area contributed by atoms with Crippen molar-refractivity contribution in [1.29, 1.82) is 0 Å². The van der Waals surface area contributed by atoms with Crippen LogP contribution in [0.4, 0.5) is 0 Å². The lowest BCUT2D eigenvalue weighted by Gasteiger charge is -2.14.